The van der Waals surface area contributed by atoms with Crippen LogP contribution in [0.1, 0.15) is 23.5 Å². The van der Waals surface area contributed by atoms with Crippen molar-refractivity contribution in [2.75, 3.05) is 10.6 Å². The first-order valence-corrected chi connectivity index (χ1v) is 9.37. The summed E-state index contributed by atoms with van der Waals surface area (Å²) in [6, 6.07) is 13.8. The highest BCUT2D eigenvalue weighted by molar-refractivity contribution is 6.34. The number of furan rings is 1. The van der Waals surface area contributed by atoms with Crippen LogP contribution >= 0.6 is 11.6 Å². The Morgan fingerprint density at radius 2 is 1.87 bits per heavy atom. The maximum Gasteiger partial charge on any atom is 0.420 e. The van der Waals surface area contributed by atoms with Crippen molar-refractivity contribution < 1.29 is 18.4 Å². The minimum atomic E-state index is -0.821. The van der Waals surface area contributed by atoms with E-state index >= 15 is 0 Å². The number of fused-ring (bicyclic) bond motifs is 1. The van der Waals surface area contributed by atoms with Gasteiger partial charge in [0.15, 0.2) is 11.3 Å². The van der Waals surface area contributed by atoms with Crippen LogP contribution < -0.4 is 16.4 Å². The molecule has 30 heavy (non-hydrogen) atoms. The monoisotopic (exact) mass is 425 g/mol. The Balaban J connectivity index is 1.50. The number of hydrogen-bond acceptors (Lipinski definition) is 5. The fraction of sp³-hybridized carbons (Fsp3) is 0.0952. The first-order chi connectivity index (χ1) is 14.4. The Labute approximate surface area is 175 Å². The summed E-state index contributed by atoms with van der Waals surface area (Å²) in [4.78, 5) is 37.0. The second-order valence-corrected chi connectivity index (χ2v) is 6.90. The Bertz CT molecular complexity index is 1290. The maximum absolute atomic E-state index is 12.7. The number of hydrogen-bond donors (Lipinski definition) is 2. The molecule has 2 heterocycles. The highest BCUT2D eigenvalue weighted by atomic mass is 35.5. The predicted molar refractivity (Wildman–Crippen MR) is 112 cm³/mol. The number of oxazole rings is 1. The molecule has 1 unspecified atom stereocenters. The van der Waals surface area contributed by atoms with Crippen LogP contribution in [0, 0.1) is 0 Å². The SMILES string of the molecule is CC(C(=O)Nc1ccc(NC(=O)c2ccco2)c(Cl)c1)n1c(=O)oc2ccccc21. The summed E-state index contributed by atoms with van der Waals surface area (Å²) in [5, 5.41) is 5.57. The van der Waals surface area contributed by atoms with Crippen LogP contribution in [0.2, 0.25) is 5.02 Å². The molecule has 8 nitrogen and oxygen atoms in total. The Morgan fingerprint density at radius 1 is 1.07 bits per heavy atom. The second kappa shape index (κ2) is 7.92. The standard InChI is InChI=1S/C21H16ClN3O5/c1-12(25-16-5-2-3-6-17(16)30-21(25)28)19(26)23-13-8-9-15(14(22)11-13)24-20(27)18-7-4-10-29-18/h2-12H,1H3,(H,23,26)(H,24,27). The summed E-state index contributed by atoms with van der Waals surface area (Å²) in [5.41, 5.74) is 1.70. The lowest BCUT2D eigenvalue weighted by Gasteiger charge is -2.14. The van der Waals surface area contributed by atoms with Crippen LogP contribution in [0.3, 0.4) is 0 Å². The van der Waals surface area contributed by atoms with E-state index in [0.29, 0.717) is 22.5 Å². The van der Waals surface area contributed by atoms with E-state index in [1.165, 1.54) is 23.0 Å². The molecule has 4 aromatic rings. The van der Waals surface area contributed by atoms with Crippen molar-refractivity contribution in [3.8, 4) is 0 Å². The summed E-state index contributed by atoms with van der Waals surface area (Å²) in [6.07, 6.45) is 1.39. The lowest BCUT2D eigenvalue weighted by Crippen LogP contribution is -2.29. The first-order valence-electron chi connectivity index (χ1n) is 8.99. The zero-order valence-electron chi connectivity index (χ0n) is 15.7. The second-order valence-electron chi connectivity index (χ2n) is 6.50. The van der Waals surface area contributed by atoms with Crippen LogP contribution in [-0.2, 0) is 4.79 Å². The molecule has 152 valence electrons. The van der Waals surface area contributed by atoms with Gasteiger partial charge >= 0.3 is 5.76 Å². The molecule has 2 aromatic carbocycles. The minimum absolute atomic E-state index is 0.148. The van der Waals surface area contributed by atoms with Gasteiger partial charge in [-0.05, 0) is 49.4 Å². The van der Waals surface area contributed by atoms with Crippen molar-refractivity contribution in [3.05, 3.63) is 82.2 Å². The van der Waals surface area contributed by atoms with E-state index in [9.17, 15) is 14.4 Å². The zero-order valence-corrected chi connectivity index (χ0v) is 16.5. The number of nitrogens with one attached hydrogen (secondary N) is 2. The van der Waals surface area contributed by atoms with E-state index in [2.05, 4.69) is 10.6 Å². The number of nitrogens with zero attached hydrogens (tertiary/aromatic N) is 1. The molecule has 2 amide bonds. The Kier molecular flexibility index (Phi) is 5.16. The van der Waals surface area contributed by atoms with E-state index < -0.39 is 23.6 Å². The Morgan fingerprint density at radius 3 is 2.60 bits per heavy atom. The van der Waals surface area contributed by atoms with Gasteiger partial charge in [0, 0.05) is 5.69 Å². The highest BCUT2D eigenvalue weighted by Gasteiger charge is 2.21. The molecule has 0 fully saturated rings. The van der Waals surface area contributed by atoms with Crippen molar-refractivity contribution >= 4 is 45.9 Å². The van der Waals surface area contributed by atoms with E-state index in [4.69, 9.17) is 20.4 Å². The van der Waals surface area contributed by atoms with Crippen molar-refractivity contribution in [3.63, 3.8) is 0 Å². The number of carbonyl (C=O) groups excluding carboxylic acids is 2. The molecule has 2 aromatic heterocycles. The number of halogens is 1. The minimum Gasteiger partial charge on any atom is -0.459 e. The number of rotatable bonds is 5. The van der Waals surface area contributed by atoms with E-state index in [1.807, 2.05) is 0 Å². The zero-order chi connectivity index (χ0) is 21.3. The third-order valence-corrected chi connectivity index (χ3v) is 4.83. The van der Waals surface area contributed by atoms with Crippen molar-refractivity contribution in [1.82, 2.24) is 4.57 Å². The van der Waals surface area contributed by atoms with Gasteiger partial charge in [-0.1, -0.05) is 23.7 Å². The van der Waals surface area contributed by atoms with Gasteiger partial charge in [-0.25, -0.2) is 4.79 Å². The lowest BCUT2D eigenvalue weighted by atomic mass is 10.2. The maximum atomic E-state index is 12.7. The fourth-order valence-electron chi connectivity index (χ4n) is 3.00. The fourth-order valence-corrected chi connectivity index (χ4v) is 3.23. The average Bonchev–Trinajstić information content (AvgIpc) is 3.36. The molecule has 1 atom stereocenters. The van der Waals surface area contributed by atoms with Crippen LogP contribution in [0.15, 0.2) is 74.5 Å². The van der Waals surface area contributed by atoms with Crippen LogP contribution in [0.25, 0.3) is 11.1 Å². The molecule has 0 radical (unpaired) electrons. The number of para-hydroxylation sites is 2. The van der Waals surface area contributed by atoms with Gasteiger partial charge in [0.1, 0.15) is 6.04 Å². The molecule has 9 heteroatoms. The van der Waals surface area contributed by atoms with Crippen LogP contribution in [0.4, 0.5) is 11.4 Å². The molecule has 0 bridgehead atoms. The Hall–Kier alpha value is -3.78. The molecular formula is C21H16ClN3O5. The third-order valence-electron chi connectivity index (χ3n) is 4.52. The summed E-state index contributed by atoms with van der Waals surface area (Å²) in [5.74, 6) is -1.34. The quantitative estimate of drug-likeness (QED) is 0.496. The van der Waals surface area contributed by atoms with Crippen molar-refractivity contribution in [2.24, 2.45) is 0 Å². The van der Waals surface area contributed by atoms with E-state index in [0.717, 1.165) is 0 Å². The summed E-state index contributed by atoms with van der Waals surface area (Å²) < 4.78 is 11.5. The largest absolute Gasteiger partial charge is 0.459 e. The normalized spacial score (nSPS) is 11.9. The van der Waals surface area contributed by atoms with Gasteiger partial charge in [0.25, 0.3) is 5.91 Å². The summed E-state index contributed by atoms with van der Waals surface area (Å²) in [7, 11) is 0. The van der Waals surface area contributed by atoms with Gasteiger partial charge in [-0.15, -0.1) is 0 Å². The van der Waals surface area contributed by atoms with Crippen LogP contribution in [-0.4, -0.2) is 16.4 Å². The topological polar surface area (TPSA) is 106 Å². The molecule has 0 aliphatic carbocycles. The molecular weight excluding hydrogens is 410 g/mol. The van der Waals surface area contributed by atoms with Crippen molar-refractivity contribution in [1.29, 1.82) is 0 Å². The molecule has 0 aliphatic rings. The average molecular weight is 426 g/mol. The summed E-state index contributed by atoms with van der Waals surface area (Å²) in [6.45, 7) is 1.60. The van der Waals surface area contributed by atoms with Crippen LogP contribution in [0.5, 0.6) is 0 Å². The van der Waals surface area contributed by atoms with Crippen molar-refractivity contribution in [2.45, 2.75) is 13.0 Å². The molecule has 4 rings (SSSR count). The van der Waals surface area contributed by atoms with E-state index in [1.54, 1.807) is 49.4 Å². The highest BCUT2D eigenvalue weighted by Crippen LogP contribution is 2.27. The molecule has 2 N–H and O–H groups in total. The number of benzene rings is 2. The molecule has 0 aliphatic heterocycles. The predicted octanol–water partition coefficient (Wildman–Crippen LogP) is 4.29. The first kappa shape index (κ1) is 19.5. The smallest absolute Gasteiger partial charge is 0.420 e. The number of carbonyl (C=O) groups is 2. The third kappa shape index (κ3) is 3.72. The molecule has 0 saturated carbocycles. The van der Waals surface area contributed by atoms with Gasteiger partial charge < -0.3 is 19.5 Å². The molecule has 0 saturated heterocycles. The lowest BCUT2D eigenvalue weighted by molar-refractivity contribution is -0.118. The van der Waals surface area contributed by atoms with E-state index in [-0.39, 0.29) is 10.8 Å². The van der Waals surface area contributed by atoms with Gasteiger partial charge in [0.2, 0.25) is 5.91 Å². The number of amides is 2. The molecule has 0 spiro atoms. The van der Waals surface area contributed by atoms with Gasteiger partial charge in [0.05, 0.1) is 22.5 Å². The number of anilines is 2. The van der Waals surface area contributed by atoms with Gasteiger partial charge in [-0.3, -0.25) is 14.2 Å². The van der Waals surface area contributed by atoms with Gasteiger partial charge in [-0.2, -0.15) is 0 Å². The summed E-state index contributed by atoms with van der Waals surface area (Å²) >= 11 is 6.23. The number of aromatic nitrogens is 1.